The van der Waals surface area contributed by atoms with Gasteiger partial charge in [-0.2, -0.15) is 0 Å². The van der Waals surface area contributed by atoms with Gasteiger partial charge in [0.05, 0.1) is 0 Å². The van der Waals surface area contributed by atoms with Crippen molar-refractivity contribution in [3.63, 3.8) is 0 Å². The quantitative estimate of drug-likeness (QED) is 0.603. The maximum absolute atomic E-state index is 12.5. The summed E-state index contributed by atoms with van der Waals surface area (Å²) in [5, 5.41) is 3.07. The topological polar surface area (TPSA) is 58.6 Å². The Hall–Kier alpha value is -2.66. The number of likely N-dealkylation sites (tertiary alicyclic amines) is 1. The summed E-state index contributed by atoms with van der Waals surface area (Å²) in [5.74, 6) is 1.30. The lowest BCUT2D eigenvalue weighted by Crippen LogP contribution is -2.42. The van der Waals surface area contributed by atoms with Crippen LogP contribution < -0.4 is 10.1 Å². The molecule has 0 radical (unpaired) electrons. The SMILES string of the molecule is CC(=O)CCc1ccc(OC(C)C(=O)NCC2CCN(Cc3ccc(C)cc3)CC2)cc1. The zero-order chi connectivity index (χ0) is 22.9. The third-order valence-electron chi connectivity index (χ3n) is 6.17. The Kier molecular flexibility index (Phi) is 8.86. The van der Waals surface area contributed by atoms with Crippen LogP contribution in [0.1, 0.15) is 49.8 Å². The third-order valence-corrected chi connectivity index (χ3v) is 6.17. The van der Waals surface area contributed by atoms with E-state index < -0.39 is 6.10 Å². The normalized spacial score (nSPS) is 15.8. The predicted molar refractivity (Wildman–Crippen MR) is 128 cm³/mol. The van der Waals surface area contributed by atoms with Crippen LogP contribution in [0.25, 0.3) is 0 Å². The van der Waals surface area contributed by atoms with Gasteiger partial charge < -0.3 is 14.8 Å². The number of benzene rings is 2. The van der Waals surface area contributed by atoms with Crippen LogP contribution in [-0.4, -0.2) is 42.3 Å². The summed E-state index contributed by atoms with van der Waals surface area (Å²) in [6, 6.07) is 16.4. The van der Waals surface area contributed by atoms with Crippen LogP contribution >= 0.6 is 0 Å². The lowest BCUT2D eigenvalue weighted by molar-refractivity contribution is -0.127. The highest BCUT2D eigenvalue weighted by atomic mass is 16.5. The van der Waals surface area contributed by atoms with E-state index in [0.29, 0.717) is 24.6 Å². The maximum atomic E-state index is 12.5. The van der Waals surface area contributed by atoms with E-state index in [0.717, 1.165) is 44.5 Å². The lowest BCUT2D eigenvalue weighted by Gasteiger charge is -2.32. The van der Waals surface area contributed by atoms with E-state index in [9.17, 15) is 9.59 Å². The molecule has 2 aromatic carbocycles. The number of hydrogen-bond acceptors (Lipinski definition) is 4. The molecule has 1 atom stereocenters. The highest BCUT2D eigenvalue weighted by Crippen LogP contribution is 2.19. The molecule has 1 saturated heterocycles. The van der Waals surface area contributed by atoms with E-state index in [1.807, 2.05) is 24.3 Å². The molecule has 172 valence electrons. The molecule has 32 heavy (non-hydrogen) atoms. The molecule has 0 saturated carbocycles. The molecule has 1 aliphatic rings. The fraction of sp³-hybridized carbons (Fsp3) is 0.481. The average Bonchev–Trinajstić information content (AvgIpc) is 2.79. The highest BCUT2D eigenvalue weighted by Gasteiger charge is 2.21. The molecule has 1 fully saturated rings. The second kappa shape index (κ2) is 11.8. The van der Waals surface area contributed by atoms with Crippen molar-refractivity contribution in [3.05, 3.63) is 65.2 Å². The van der Waals surface area contributed by atoms with E-state index in [4.69, 9.17) is 4.74 Å². The first-order chi connectivity index (χ1) is 15.4. The standard InChI is InChI=1S/C27H36N2O3/c1-20-4-7-25(8-5-20)19-29-16-14-24(15-17-29)18-28-27(31)22(3)32-26-12-10-23(11-13-26)9-6-21(2)30/h4-5,7-8,10-13,22,24H,6,9,14-19H2,1-3H3,(H,28,31). The number of nitrogens with zero attached hydrogens (tertiary/aromatic N) is 1. The van der Waals surface area contributed by atoms with E-state index in [1.165, 1.54) is 11.1 Å². The van der Waals surface area contributed by atoms with Crippen LogP contribution in [0, 0.1) is 12.8 Å². The summed E-state index contributed by atoms with van der Waals surface area (Å²) in [6.45, 7) is 9.33. The summed E-state index contributed by atoms with van der Waals surface area (Å²) in [7, 11) is 0. The number of hydrogen-bond donors (Lipinski definition) is 1. The smallest absolute Gasteiger partial charge is 0.260 e. The van der Waals surface area contributed by atoms with Crippen LogP contribution in [0.15, 0.2) is 48.5 Å². The highest BCUT2D eigenvalue weighted by molar-refractivity contribution is 5.80. The van der Waals surface area contributed by atoms with Crippen LogP contribution in [-0.2, 0) is 22.6 Å². The molecular formula is C27H36N2O3. The number of ether oxygens (including phenoxy) is 1. The average molecular weight is 437 g/mol. The molecule has 1 unspecified atom stereocenters. The minimum atomic E-state index is -0.542. The zero-order valence-corrected chi connectivity index (χ0v) is 19.6. The Morgan fingerprint density at radius 2 is 1.66 bits per heavy atom. The third kappa shape index (κ3) is 7.79. The van der Waals surface area contributed by atoms with Gasteiger partial charge in [0.15, 0.2) is 6.10 Å². The fourth-order valence-corrected chi connectivity index (χ4v) is 4.00. The van der Waals surface area contributed by atoms with Gasteiger partial charge in [0, 0.05) is 19.5 Å². The first kappa shape index (κ1) is 24.0. The monoisotopic (exact) mass is 436 g/mol. The first-order valence-corrected chi connectivity index (χ1v) is 11.7. The van der Waals surface area contributed by atoms with E-state index in [1.54, 1.807) is 13.8 Å². The number of carbonyl (C=O) groups excluding carboxylic acids is 2. The predicted octanol–water partition coefficient (Wildman–Crippen LogP) is 4.31. The molecule has 0 aliphatic carbocycles. The minimum absolute atomic E-state index is 0.0762. The van der Waals surface area contributed by atoms with Gasteiger partial charge in [0.2, 0.25) is 0 Å². The molecule has 5 nitrogen and oxygen atoms in total. The van der Waals surface area contributed by atoms with Gasteiger partial charge in [0.1, 0.15) is 11.5 Å². The molecule has 0 spiro atoms. The molecule has 0 aromatic heterocycles. The Morgan fingerprint density at radius 3 is 2.28 bits per heavy atom. The van der Waals surface area contributed by atoms with Crippen molar-refractivity contribution >= 4 is 11.7 Å². The Balaban J connectivity index is 1.35. The molecular weight excluding hydrogens is 400 g/mol. The number of piperidine rings is 1. The van der Waals surface area contributed by atoms with Crippen LogP contribution in [0.3, 0.4) is 0 Å². The van der Waals surface area contributed by atoms with Gasteiger partial charge in [-0.15, -0.1) is 0 Å². The second-order valence-corrected chi connectivity index (χ2v) is 9.06. The number of Topliss-reactive ketones (excluding diaryl/α,β-unsaturated/α-hetero) is 1. The van der Waals surface area contributed by atoms with Gasteiger partial charge in [-0.25, -0.2) is 0 Å². The van der Waals surface area contributed by atoms with Gasteiger partial charge in [-0.1, -0.05) is 42.0 Å². The number of amides is 1. The van der Waals surface area contributed by atoms with Crippen molar-refractivity contribution in [1.82, 2.24) is 10.2 Å². The van der Waals surface area contributed by atoms with Gasteiger partial charge in [-0.3, -0.25) is 9.69 Å². The van der Waals surface area contributed by atoms with Crippen LogP contribution in [0.5, 0.6) is 5.75 Å². The van der Waals surface area contributed by atoms with E-state index >= 15 is 0 Å². The largest absolute Gasteiger partial charge is 0.481 e. The van der Waals surface area contributed by atoms with Gasteiger partial charge >= 0.3 is 0 Å². The van der Waals surface area contributed by atoms with Crippen molar-refractivity contribution < 1.29 is 14.3 Å². The molecule has 1 amide bonds. The summed E-state index contributed by atoms with van der Waals surface area (Å²) < 4.78 is 5.80. The molecule has 1 N–H and O–H groups in total. The van der Waals surface area contributed by atoms with Gasteiger partial charge in [0.25, 0.3) is 5.91 Å². The summed E-state index contributed by atoms with van der Waals surface area (Å²) in [4.78, 5) is 26.1. The summed E-state index contributed by atoms with van der Waals surface area (Å²) in [5.41, 5.74) is 3.75. The van der Waals surface area contributed by atoms with Crippen molar-refractivity contribution in [3.8, 4) is 5.75 Å². The first-order valence-electron chi connectivity index (χ1n) is 11.7. The summed E-state index contributed by atoms with van der Waals surface area (Å²) in [6.07, 6.45) is 2.94. The second-order valence-electron chi connectivity index (χ2n) is 9.06. The zero-order valence-electron chi connectivity index (χ0n) is 19.6. The van der Waals surface area contributed by atoms with Gasteiger partial charge in [-0.05, 0) is 82.3 Å². The Labute approximate surface area is 192 Å². The molecule has 1 heterocycles. The lowest BCUT2D eigenvalue weighted by atomic mass is 9.96. The van der Waals surface area contributed by atoms with E-state index in [-0.39, 0.29) is 11.7 Å². The van der Waals surface area contributed by atoms with Crippen molar-refractivity contribution in [1.29, 1.82) is 0 Å². The fourth-order valence-electron chi connectivity index (χ4n) is 4.00. The molecule has 2 aromatic rings. The number of rotatable bonds is 10. The van der Waals surface area contributed by atoms with Crippen molar-refractivity contribution in [2.45, 2.75) is 59.1 Å². The Bertz CT molecular complexity index is 869. The molecule has 3 rings (SSSR count). The number of carbonyl (C=O) groups is 2. The molecule has 1 aliphatic heterocycles. The van der Waals surface area contributed by atoms with E-state index in [2.05, 4.69) is 41.4 Å². The van der Waals surface area contributed by atoms with Crippen LogP contribution in [0.2, 0.25) is 0 Å². The molecule has 0 bridgehead atoms. The summed E-state index contributed by atoms with van der Waals surface area (Å²) >= 11 is 0. The Morgan fingerprint density at radius 1 is 1.03 bits per heavy atom. The number of nitrogens with one attached hydrogen (secondary N) is 1. The number of aryl methyl sites for hydroxylation is 2. The van der Waals surface area contributed by atoms with Crippen molar-refractivity contribution in [2.24, 2.45) is 5.92 Å². The minimum Gasteiger partial charge on any atom is -0.481 e. The van der Waals surface area contributed by atoms with Crippen LogP contribution in [0.4, 0.5) is 0 Å². The van der Waals surface area contributed by atoms with Crippen molar-refractivity contribution in [2.75, 3.05) is 19.6 Å². The number of ketones is 1. The molecule has 5 heteroatoms. The maximum Gasteiger partial charge on any atom is 0.260 e.